The average molecular weight is 1090 g/mol. The van der Waals surface area contributed by atoms with Crippen molar-refractivity contribution in [2.75, 3.05) is 19.8 Å². The average Bonchev–Trinajstić information content (AvgIpc) is 3.32. The Labute approximate surface area is 417 Å². The second kappa shape index (κ2) is 28.6. The minimum Gasteiger partial charge on any atom is -0.493 e. The van der Waals surface area contributed by atoms with Crippen LogP contribution in [0.3, 0.4) is 0 Å². The van der Waals surface area contributed by atoms with Crippen LogP contribution < -0.4 is 28.4 Å². The molecule has 0 spiro atoms. The van der Waals surface area contributed by atoms with Crippen LogP contribution in [0, 0.1) is 6.92 Å². The highest BCUT2D eigenvalue weighted by molar-refractivity contribution is 9.11. The molecule has 0 amide bonds. The molecule has 0 radical (unpaired) electrons. The Morgan fingerprint density at radius 1 is 0.394 bits per heavy atom. The van der Waals surface area contributed by atoms with Crippen LogP contribution in [0.1, 0.15) is 104 Å². The Balaban J connectivity index is 1.04. The van der Waals surface area contributed by atoms with E-state index in [-0.39, 0.29) is 0 Å². The van der Waals surface area contributed by atoms with Gasteiger partial charge < -0.3 is 33.2 Å². The number of benzene rings is 6. The molecule has 0 aliphatic heterocycles. The molecule has 0 aromatic heterocycles. The zero-order valence-corrected chi connectivity index (χ0v) is 43.1. The topological polar surface area (TPSA) is 64.6 Å². The van der Waals surface area contributed by atoms with Gasteiger partial charge in [-0.25, -0.2) is 0 Å². The molecule has 6 rings (SSSR count). The highest BCUT2D eigenvalue weighted by Crippen LogP contribution is 2.38. The highest BCUT2D eigenvalue weighted by atomic mass is 79.9. The first-order chi connectivity index (χ1) is 32.3. The van der Waals surface area contributed by atoms with Gasteiger partial charge in [0.1, 0.15) is 58.8 Å². The molecule has 10 heteroatoms. The van der Waals surface area contributed by atoms with Gasteiger partial charge >= 0.3 is 0 Å². The number of unbranched alkanes of at least 4 members (excludes halogenated alkanes) is 7. The maximum absolute atomic E-state index is 6.44. The molecule has 0 bridgehead atoms. The Kier molecular flexibility index (Phi) is 22.1. The lowest BCUT2D eigenvalue weighted by Crippen LogP contribution is -2.06. The van der Waals surface area contributed by atoms with Gasteiger partial charge in [0, 0.05) is 28.4 Å². The van der Waals surface area contributed by atoms with Gasteiger partial charge in [0.15, 0.2) is 0 Å². The first-order valence-electron chi connectivity index (χ1n) is 23.2. The molecular formula is C56H63Br3O7. The van der Waals surface area contributed by atoms with Gasteiger partial charge in [0.25, 0.3) is 0 Å². The molecule has 7 nitrogen and oxygen atoms in total. The summed E-state index contributed by atoms with van der Waals surface area (Å²) in [5.41, 5.74) is 7.47. The molecular weight excluding hydrogens is 1020 g/mol. The summed E-state index contributed by atoms with van der Waals surface area (Å²) in [6.07, 6.45) is 10.6. The van der Waals surface area contributed by atoms with Crippen LogP contribution in [0.5, 0.6) is 34.5 Å². The third kappa shape index (κ3) is 18.3. The number of rotatable bonds is 30. The summed E-state index contributed by atoms with van der Waals surface area (Å²) in [5.74, 6) is 4.36. The molecule has 0 unspecified atom stereocenters. The Hall–Kier alpha value is -4.48. The summed E-state index contributed by atoms with van der Waals surface area (Å²) in [4.78, 5) is 0. The van der Waals surface area contributed by atoms with E-state index in [0.29, 0.717) is 76.1 Å². The van der Waals surface area contributed by atoms with E-state index in [0.717, 1.165) is 78.2 Å². The molecule has 0 N–H and O–H groups in total. The van der Waals surface area contributed by atoms with Gasteiger partial charge in [-0.15, -0.1) is 0 Å². The zero-order valence-electron chi connectivity index (χ0n) is 38.3. The predicted molar refractivity (Wildman–Crippen MR) is 277 cm³/mol. The van der Waals surface area contributed by atoms with Crippen molar-refractivity contribution in [2.45, 2.75) is 110 Å². The number of hydrogen-bond donors (Lipinski definition) is 0. The van der Waals surface area contributed by atoms with Crippen molar-refractivity contribution in [1.29, 1.82) is 0 Å². The standard InChI is InChI=1S/C56H63Br3O7/c1-3-4-5-6-7-8-9-13-23-63-54-32-48(33-55(56(54)59)66-40-45-21-15-22-49(58)27-45)41-65-52-29-46(36-57)28-50(34-52)61-24-16-25-62-51-30-47(38-60-37-43-18-11-10-12-19-43)31-53(35-51)64-39-44-20-14-17-42(2)26-44/h10-12,14-15,17-22,26-35H,3-9,13,16,23-25,36-41H2,1-2H3. The molecule has 0 atom stereocenters. The third-order valence-electron chi connectivity index (χ3n) is 10.7. The van der Waals surface area contributed by atoms with Crippen LogP contribution in [0.15, 0.2) is 136 Å². The van der Waals surface area contributed by atoms with Crippen molar-refractivity contribution in [3.8, 4) is 34.5 Å². The molecule has 0 heterocycles. The molecule has 0 aliphatic rings. The van der Waals surface area contributed by atoms with E-state index in [4.69, 9.17) is 33.2 Å². The van der Waals surface area contributed by atoms with Crippen molar-refractivity contribution in [1.82, 2.24) is 0 Å². The van der Waals surface area contributed by atoms with Gasteiger partial charge in [-0.05, 0) is 111 Å². The SMILES string of the molecule is CCCCCCCCCCOc1cc(COc2cc(CBr)cc(OCCCOc3cc(COCc4ccccc4)cc(OCc4cccc(C)c4)c3)c2)cc(OCc2cccc(Br)c2)c1Br. The minimum atomic E-state index is 0.320. The summed E-state index contributed by atoms with van der Waals surface area (Å²) in [6, 6.07) is 42.7. The quantitative estimate of drug-likeness (QED) is 0.0329. The van der Waals surface area contributed by atoms with Crippen LogP contribution in [-0.4, -0.2) is 19.8 Å². The normalized spacial score (nSPS) is 11.0. The highest BCUT2D eigenvalue weighted by Gasteiger charge is 2.14. The predicted octanol–water partition coefficient (Wildman–Crippen LogP) is 16.2. The summed E-state index contributed by atoms with van der Waals surface area (Å²) >= 11 is 11.0. The van der Waals surface area contributed by atoms with Crippen molar-refractivity contribution in [3.05, 3.63) is 175 Å². The van der Waals surface area contributed by atoms with Gasteiger partial charge in [0.05, 0.1) is 33.0 Å². The summed E-state index contributed by atoms with van der Waals surface area (Å²) < 4.78 is 45.9. The summed E-state index contributed by atoms with van der Waals surface area (Å²) in [5, 5.41) is 0.659. The number of halogens is 3. The Morgan fingerprint density at radius 2 is 0.909 bits per heavy atom. The maximum Gasteiger partial charge on any atom is 0.138 e. The van der Waals surface area contributed by atoms with Crippen LogP contribution in [-0.2, 0) is 43.1 Å². The lowest BCUT2D eigenvalue weighted by Gasteiger charge is -2.17. The first kappa shape index (κ1) is 50.9. The van der Waals surface area contributed by atoms with E-state index >= 15 is 0 Å². The molecule has 350 valence electrons. The molecule has 0 aliphatic carbocycles. The van der Waals surface area contributed by atoms with Crippen LogP contribution in [0.2, 0.25) is 0 Å². The second-order valence-electron chi connectivity index (χ2n) is 16.5. The van der Waals surface area contributed by atoms with Gasteiger partial charge in [-0.1, -0.05) is 156 Å². The maximum atomic E-state index is 6.44. The number of ether oxygens (including phenoxy) is 7. The second-order valence-corrected chi connectivity index (χ2v) is 18.8. The fourth-order valence-electron chi connectivity index (χ4n) is 7.32. The van der Waals surface area contributed by atoms with E-state index in [2.05, 4.69) is 110 Å². The third-order valence-corrected chi connectivity index (χ3v) is 12.7. The molecule has 66 heavy (non-hydrogen) atoms. The van der Waals surface area contributed by atoms with E-state index in [9.17, 15) is 0 Å². The summed E-state index contributed by atoms with van der Waals surface area (Å²) in [6.45, 7) is 8.07. The van der Waals surface area contributed by atoms with Gasteiger partial charge in [-0.3, -0.25) is 0 Å². The number of aryl methyl sites for hydroxylation is 1. The Morgan fingerprint density at radius 3 is 1.56 bits per heavy atom. The first-order valence-corrected chi connectivity index (χ1v) is 25.9. The van der Waals surface area contributed by atoms with Crippen molar-refractivity contribution < 1.29 is 33.2 Å². The molecule has 0 fully saturated rings. The van der Waals surface area contributed by atoms with Crippen LogP contribution >= 0.6 is 47.8 Å². The largest absolute Gasteiger partial charge is 0.493 e. The lowest BCUT2D eigenvalue weighted by atomic mass is 10.1. The fourth-order valence-corrected chi connectivity index (χ4v) is 8.54. The fraction of sp³-hybridized carbons (Fsp3) is 0.357. The van der Waals surface area contributed by atoms with Crippen molar-refractivity contribution in [2.24, 2.45) is 0 Å². The van der Waals surface area contributed by atoms with Crippen LogP contribution in [0.25, 0.3) is 0 Å². The zero-order chi connectivity index (χ0) is 46.2. The number of hydrogen-bond acceptors (Lipinski definition) is 7. The molecule has 0 saturated heterocycles. The lowest BCUT2D eigenvalue weighted by molar-refractivity contribution is 0.106. The van der Waals surface area contributed by atoms with E-state index < -0.39 is 0 Å². The van der Waals surface area contributed by atoms with Crippen LogP contribution in [0.4, 0.5) is 0 Å². The number of alkyl halides is 1. The Bertz CT molecular complexity index is 2360. The van der Waals surface area contributed by atoms with Crippen molar-refractivity contribution in [3.63, 3.8) is 0 Å². The molecule has 6 aromatic carbocycles. The van der Waals surface area contributed by atoms with E-state index in [1.165, 1.54) is 44.1 Å². The minimum absolute atomic E-state index is 0.320. The molecule has 0 saturated carbocycles. The summed E-state index contributed by atoms with van der Waals surface area (Å²) in [7, 11) is 0. The van der Waals surface area contributed by atoms with E-state index in [1.807, 2.05) is 78.9 Å². The van der Waals surface area contributed by atoms with Gasteiger partial charge in [-0.2, -0.15) is 0 Å². The molecule has 6 aromatic rings. The van der Waals surface area contributed by atoms with Gasteiger partial charge in [0.2, 0.25) is 0 Å². The van der Waals surface area contributed by atoms with E-state index in [1.54, 1.807) is 0 Å². The monoisotopic (exact) mass is 1080 g/mol. The smallest absolute Gasteiger partial charge is 0.138 e. The van der Waals surface area contributed by atoms with Crippen molar-refractivity contribution >= 4 is 47.8 Å².